The maximum Gasteiger partial charge on any atom is 0.151 e. The number of carbonyl (C=O) groups excluding carboxylic acids is 1. The lowest BCUT2D eigenvalue weighted by atomic mass is 10.1. The minimum atomic E-state index is 0.0995. The number of aromatic hydroxyl groups is 1. The van der Waals surface area contributed by atoms with Gasteiger partial charge in [0.1, 0.15) is 5.75 Å². The van der Waals surface area contributed by atoms with E-state index in [4.69, 9.17) is 16.7 Å². The van der Waals surface area contributed by atoms with E-state index in [9.17, 15) is 4.79 Å². The monoisotopic (exact) mass is 184 g/mol. The second-order valence-corrected chi connectivity index (χ2v) is 2.88. The summed E-state index contributed by atoms with van der Waals surface area (Å²) in [5, 5.41) is 9.45. The third-order valence-corrected chi connectivity index (χ3v) is 2.01. The maximum absolute atomic E-state index is 10.6. The van der Waals surface area contributed by atoms with Crippen LogP contribution in [0.15, 0.2) is 12.1 Å². The Kier molecular flexibility index (Phi) is 2.71. The largest absolute Gasteiger partial charge is 0.508 e. The average molecular weight is 185 g/mol. The molecule has 0 unspecified atom stereocenters. The SMILES string of the molecule is CCc1cc(O)cc(Cl)c1C=O. The Morgan fingerprint density at radius 2 is 2.25 bits per heavy atom. The van der Waals surface area contributed by atoms with Crippen LogP contribution < -0.4 is 0 Å². The zero-order valence-corrected chi connectivity index (χ0v) is 7.43. The van der Waals surface area contributed by atoms with Crippen LogP contribution in [0, 0.1) is 0 Å². The highest BCUT2D eigenvalue weighted by Gasteiger charge is 2.06. The summed E-state index contributed by atoms with van der Waals surface area (Å²) in [4.78, 5) is 10.6. The zero-order valence-electron chi connectivity index (χ0n) is 6.67. The molecular weight excluding hydrogens is 176 g/mol. The second-order valence-electron chi connectivity index (χ2n) is 2.47. The quantitative estimate of drug-likeness (QED) is 0.717. The molecular formula is C9H9ClO2. The Morgan fingerprint density at radius 1 is 1.58 bits per heavy atom. The number of hydrogen-bond acceptors (Lipinski definition) is 2. The Bertz CT molecular complexity index is 308. The summed E-state index contributed by atoms with van der Waals surface area (Å²) in [7, 11) is 0. The molecule has 2 nitrogen and oxygen atoms in total. The molecule has 0 spiro atoms. The fourth-order valence-electron chi connectivity index (χ4n) is 1.08. The lowest BCUT2D eigenvalue weighted by Crippen LogP contribution is -1.91. The van der Waals surface area contributed by atoms with Crippen LogP contribution in [-0.4, -0.2) is 11.4 Å². The van der Waals surface area contributed by atoms with E-state index in [1.54, 1.807) is 6.07 Å². The van der Waals surface area contributed by atoms with Gasteiger partial charge < -0.3 is 5.11 Å². The number of halogens is 1. The summed E-state index contributed by atoms with van der Waals surface area (Å²) >= 11 is 5.72. The molecule has 12 heavy (non-hydrogen) atoms. The molecule has 0 heterocycles. The van der Waals surface area contributed by atoms with E-state index in [-0.39, 0.29) is 5.75 Å². The molecule has 1 aromatic rings. The third kappa shape index (κ3) is 1.59. The number of phenolic OH excluding ortho intramolecular Hbond substituents is 1. The lowest BCUT2D eigenvalue weighted by Gasteiger charge is -2.04. The minimum Gasteiger partial charge on any atom is -0.508 e. The Morgan fingerprint density at radius 3 is 2.75 bits per heavy atom. The predicted octanol–water partition coefficient (Wildman–Crippen LogP) is 2.42. The summed E-state index contributed by atoms with van der Waals surface area (Å²) in [5.41, 5.74) is 1.24. The highest BCUT2D eigenvalue weighted by molar-refractivity contribution is 6.33. The first-order chi connectivity index (χ1) is 5.69. The molecule has 64 valence electrons. The van der Waals surface area contributed by atoms with Gasteiger partial charge in [0.2, 0.25) is 0 Å². The van der Waals surface area contributed by atoms with Crippen molar-refractivity contribution in [2.75, 3.05) is 0 Å². The van der Waals surface area contributed by atoms with Crippen LogP contribution >= 0.6 is 11.6 Å². The Balaban J connectivity index is 3.33. The Labute approximate surface area is 75.8 Å². The molecule has 0 bridgehead atoms. The van der Waals surface area contributed by atoms with E-state index < -0.39 is 0 Å². The minimum absolute atomic E-state index is 0.0995. The van der Waals surface area contributed by atoms with Gasteiger partial charge in [-0.25, -0.2) is 0 Å². The number of phenols is 1. The number of hydrogen-bond donors (Lipinski definition) is 1. The summed E-state index contributed by atoms with van der Waals surface area (Å²) in [6.07, 6.45) is 1.39. The van der Waals surface area contributed by atoms with Crippen molar-refractivity contribution in [3.05, 3.63) is 28.3 Å². The van der Waals surface area contributed by atoms with Crippen LogP contribution in [0.25, 0.3) is 0 Å². The molecule has 0 atom stereocenters. The number of benzene rings is 1. The smallest absolute Gasteiger partial charge is 0.151 e. The van der Waals surface area contributed by atoms with Crippen LogP contribution in [0.2, 0.25) is 5.02 Å². The summed E-state index contributed by atoms with van der Waals surface area (Å²) < 4.78 is 0. The number of carbonyl (C=O) groups is 1. The van der Waals surface area contributed by atoms with Crippen molar-refractivity contribution >= 4 is 17.9 Å². The molecule has 0 saturated heterocycles. The zero-order chi connectivity index (χ0) is 9.14. The van der Waals surface area contributed by atoms with Crippen molar-refractivity contribution in [1.29, 1.82) is 0 Å². The maximum atomic E-state index is 10.6. The standard InChI is InChI=1S/C9H9ClO2/c1-2-6-3-7(12)4-9(10)8(6)5-11/h3-5,12H,2H2,1H3. The topological polar surface area (TPSA) is 37.3 Å². The fourth-order valence-corrected chi connectivity index (χ4v) is 1.36. The molecule has 0 aliphatic rings. The van der Waals surface area contributed by atoms with Gasteiger partial charge in [0.05, 0.1) is 5.02 Å². The molecule has 0 aliphatic carbocycles. The van der Waals surface area contributed by atoms with Gasteiger partial charge in [-0.1, -0.05) is 18.5 Å². The highest BCUT2D eigenvalue weighted by atomic mass is 35.5. The van der Waals surface area contributed by atoms with E-state index in [1.807, 2.05) is 6.92 Å². The van der Waals surface area contributed by atoms with Crippen LogP contribution in [0.1, 0.15) is 22.8 Å². The second kappa shape index (κ2) is 3.59. The molecule has 0 amide bonds. The van der Waals surface area contributed by atoms with Crippen molar-refractivity contribution in [3.63, 3.8) is 0 Å². The molecule has 0 aliphatic heterocycles. The van der Waals surface area contributed by atoms with Crippen LogP contribution in [0.5, 0.6) is 5.75 Å². The van der Waals surface area contributed by atoms with E-state index in [2.05, 4.69) is 0 Å². The summed E-state index contributed by atoms with van der Waals surface area (Å²) in [6.45, 7) is 1.90. The van der Waals surface area contributed by atoms with E-state index in [1.165, 1.54) is 6.07 Å². The molecule has 0 aromatic heterocycles. The first kappa shape index (κ1) is 9.07. The summed E-state index contributed by atoms with van der Waals surface area (Å²) in [6, 6.07) is 2.92. The fraction of sp³-hybridized carbons (Fsp3) is 0.222. The summed E-state index contributed by atoms with van der Waals surface area (Å²) in [5.74, 6) is 0.0995. The van der Waals surface area contributed by atoms with Crippen LogP contribution in [0.3, 0.4) is 0 Å². The highest BCUT2D eigenvalue weighted by Crippen LogP contribution is 2.24. The first-order valence-corrected chi connectivity index (χ1v) is 4.03. The first-order valence-electron chi connectivity index (χ1n) is 3.65. The lowest BCUT2D eigenvalue weighted by molar-refractivity contribution is 0.112. The van der Waals surface area contributed by atoms with Gasteiger partial charge in [-0.2, -0.15) is 0 Å². The van der Waals surface area contributed by atoms with Crippen molar-refractivity contribution < 1.29 is 9.90 Å². The van der Waals surface area contributed by atoms with Crippen molar-refractivity contribution in [3.8, 4) is 5.75 Å². The van der Waals surface area contributed by atoms with Crippen LogP contribution in [-0.2, 0) is 6.42 Å². The molecule has 0 fully saturated rings. The number of rotatable bonds is 2. The van der Waals surface area contributed by atoms with Crippen molar-refractivity contribution in [1.82, 2.24) is 0 Å². The average Bonchev–Trinajstić information content (AvgIpc) is 2.03. The van der Waals surface area contributed by atoms with Crippen molar-refractivity contribution in [2.24, 2.45) is 0 Å². The molecule has 3 heteroatoms. The molecule has 1 aromatic carbocycles. The third-order valence-electron chi connectivity index (χ3n) is 1.70. The normalized spacial score (nSPS) is 9.83. The van der Waals surface area contributed by atoms with Gasteiger partial charge >= 0.3 is 0 Å². The Hall–Kier alpha value is -1.02. The van der Waals surface area contributed by atoms with Gasteiger partial charge in [-0.05, 0) is 24.1 Å². The predicted molar refractivity (Wildman–Crippen MR) is 47.9 cm³/mol. The molecule has 1 rings (SSSR count). The molecule has 1 N–H and O–H groups in total. The van der Waals surface area contributed by atoms with Crippen LogP contribution in [0.4, 0.5) is 0 Å². The molecule has 0 radical (unpaired) electrons. The van der Waals surface area contributed by atoms with Gasteiger partial charge in [0, 0.05) is 5.56 Å². The van der Waals surface area contributed by atoms with E-state index in [0.29, 0.717) is 23.3 Å². The van der Waals surface area contributed by atoms with E-state index >= 15 is 0 Å². The van der Waals surface area contributed by atoms with E-state index in [0.717, 1.165) is 5.56 Å². The molecule has 0 saturated carbocycles. The van der Waals surface area contributed by atoms with Gasteiger partial charge in [-0.3, -0.25) is 4.79 Å². The van der Waals surface area contributed by atoms with Gasteiger partial charge in [0.15, 0.2) is 6.29 Å². The van der Waals surface area contributed by atoms with Gasteiger partial charge in [0.25, 0.3) is 0 Å². The number of aldehydes is 1. The van der Waals surface area contributed by atoms with Gasteiger partial charge in [-0.15, -0.1) is 0 Å². The van der Waals surface area contributed by atoms with Crippen molar-refractivity contribution in [2.45, 2.75) is 13.3 Å². The number of aryl methyl sites for hydroxylation is 1.